The number of ketones is 1. The predicted molar refractivity (Wildman–Crippen MR) is 64.7 cm³/mol. The van der Waals surface area contributed by atoms with Crippen LogP contribution < -0.4 is 4.90 Å². The molecule has 0 spiro atoms. The van der Waals surface area contributed by atoms with Gasteiger partial charge in [0.25, 0.3) is 5.91 Å². The molecule has 0 aromatic heterocycles. The van der Waals surface area contributed by atoms with E-state index in [4.69, 9.17) is 0 Å². The monoisotopic (exact) mass is 219 g/mol. The summed E-state index contributed by atoms with van der Waals surface area (Å²) in [5.41, 5.74) is 4.00. The average Bonchev–Trinajstić information content (AvgIpc) is 2.14. The average molecular weight is 219 g/mol. The van der Waals surface area contributed by atoms with Crippen molar-refractivity contribution in [1.29, 1.82) is 0 Å². The second-order valence-corrected chi connectivity index (χ2v) is 4.17. The molecule has 0 fully saturated rings. The van der Waals surface area contributed by atoms with Crippen LogP contribution in [-0.2, 0) is 9.59 Å². The second kappa shape index (κ2) is 4.47. The smallest absolute Gasteiger partial charge is 0.293 e. The van der Waals surface area contributed by atoms with Crippen LogP contribution in [0, 0.1) is 20.8 Å². The molecule has 0 atom stereocenters. The van der Waals surface area contributed by atoms with Gasteiger partial charge < -0.3 is 4.90 Å². The Bertz CT molecular complexity index is 426. The normalized spacial score (nSPS) is 10.1. The molecule has 0 aliphatic rings. The summed E-state index contributed by atoms with van der Waals surface area (Å²) in [5.74, 6) is -0.920. The Hall–Kier alpha value is -1.64. The first-order valence-corrected chi connectivity index (χ1v) is 5.21. The molecule has 16 heavy (non-hydrogen) atoms. The maximum absolute atomic E-state index is 11.6. The van der Waals surface area contributed by atoms with Crippen molar-refractivity contribution >= 4 is 17.4 Å². The molecule has 0 saturated carbocycles. The highest BCUT2D eigenvalue weighted by atomic mass is 16.2. The molecule has 0 unspecified atom stereocenters. The lowest BCUT2D eigenvalue weighted by molar-refractivity contribution is -0.134. The number of Topliss-reactive ketones (excluding diaryl/α,β-unsaturated/α-hetero) is 1. The largest absolute Gasteiger partial charge is 0.308 e. The van der Waals surface area contributed by atoms with Gasteiger partial charge in [0.2, 0.25) is 5.78 Å². The zero-order chi connectivity index (χ0) is 12.5. The first-order valence-electron chi connectivity index (χ1n) is 5.21. The number of aryl methyl sites for hydroxylation is 3. The van der Waals surface area contributed by atoms with Crippen LogP contribution in [0.25, 0.3) is 0 Å². The maximum Gasteiger partial charge on any atom is 0.293 e. The molecule has 3 nitrogen and oxygen atoms in total. The van der Waals surface area contributed by atoms with Crippen molar-refractivity contribution in [1.82, 2.24) is 0 Å². The summed E-state index contributed by atoms with van der Waals surface area (Å²) in [6, 6.07) is 4.01. The molecule has 0 heterocycles. The van der Waals surface area contributed by atoms with Crippen molar-refractivity contribution in [2.75, 3.05) is 11.9 Å². The van der Waals surface area contributed by atoms with E-state index in [1.54, 1.807) is 7.05 Å². The molecule has 1 rings (SSSR count). The van der Waals surface area contributed by atoms with Gasteiger partial charge in [-0.2, -0.15) is 0 Å². The standard InChI is InChI=1S/C13H17NO2/c1-8-6-9(2)12(10(3)7-8)14(5)13(16)11(4)15/h6-7H,1-5H3. The van der Waals surface area contributed by atoms with Crippen LogP contribution in [0.4, 0.5) is 5.69 Å². The van der Waals surface area contributed by atoms with E-state index in [1.165, 1.54) is 11.8 Å². The predicted octanol–water partition coefficient (Wildman–Crippen LogP) is 2.16. The van der Waals surface area contributed by atoms with Crippen LogP contribution in [0.3, 0.4) is 0 Å². The molecule has 0 saturated heterocycles. The van der Waals surface area contributed by atoms with Gasteiger partial charge in [-0.25, -0.2) is 0 Å². The molecular formula is C13H17NO2. The lowest BCUT2D eigenvalue weighted by atomic mass is 10.0. The molecule has 1 aromatic rings. The molecule has 0 bridgehead atoms. The van der Waals surface area contributed by atoms with Crippen LogP contribution in [0.2, 0.25) is 0 Å². The summed E-state index contributed by atoms with van der Waals surface area (Å²) in [6.45, 7) is 7.19. The number of benzene rings is 1. The molecule has 86 valence electrons. The van der Waals surface area contributed by atoms with Gasteiger partial charge >= 0.3 is 0 Å². The van der Waals surface area contributed by atoms with Gasteiger partial charge in [-0.3, -0.25) is 9.59 Å². The van der Waals surface area contributed by atoms with Crippen molar-refractivity contribution < 1.29 is 9.59 Å². The number of amides is 1. The summed E-state index contributed by atoms with van der Waals surface area (Å²) < 4.78 is 0. The molecule has 0 aliphatic heterocycles. The van der Waals surface area contributed by atoms with E-state index in [0.29, 0.717) is 0 Å². The Morgan fingerprint density at radius 2 is 1.50 bits per heavy atom. The van der Waals surface area contributed by atoms with E-state index < -0.39 is 11.7 Å². The van der Waals surface area contributed by atoms with Gasteiger partial charge in [0, 0.05) is 19.7 Å². The number of nitrogens with zero attached hydrogens (tertiary/aromatic N) is 1. The van der Waals surface area contributed by atoms with Crippen LogP contribution in [0.15, 0.2) is 12.1 Å². The molecule has 1 aromatic carbocycles. The van der Waals surface area contributed by atoms with Crippen molar-refractivity contribution in [3.05, 3.63) is 28.8 Å². The SMILES string of the molecule is CC(=O)C(=O)N(C)c1c(C)cc(C)cc1C. The highest BCUT2D eigenvalue weighted by molar-refractivity contribution is 6.40. The fourth-order valence-corrected chi connectivity index (χ4v) is 2.04. The van der Waals surface area contributed by atoms with Gasteiger partial charge in [0.05, 0.1) is 0 Å². The van der Waals surface area contributed by atoms with Gasteiger partial charge in [0.15, 0.2) is 0 Å². The first kappa shape index (κ1) is 12.4. The van der Waals surface area contributed by atoms with Crippen molar-refractivity contribution in [3.8, 4) is 0 Å². The fourth-order valence-electron chi connectivity index (χ4n) is 2.04. The van der Waals surface area contributed by atoms with E-state index >= 15 is 0 Å². The summed E-state index contributed by atoms with van der Waals surface area (Å²) in [6.07, 6.45) is 0. The van der Waals surface area contributed by atoms with Crippen LogP contribution in [0.5, 0.6) is 0 Å². The first-order chi connectivity index (χ1) is 7.34. The lowest BCUT2D eigenvalue weighted by Crippen LogP contribution is -2.32. The number of carbonyl (C=O) groups excluding carboxylic acids is 2. The Balaban J connectivity index is 3.23. The Morgan fingerprint density at radius 1 is 1.06 bits per heavy atom. The second-order valence-electron chi connectivity index (χ2n) is 4.17. The van der Waals surface area contributed by atoms with E-state index in [-0.39, 0.29) is 0 Å². The third kappa shape index (κ3) is 2.30. The third-order valence-electron chi connectivity index (χ3n) is 2.58. The number of hydrogen-bond donors (Lipinski definition) is 0. The Labute approximate surface area is 96.1 Å². The Morgan fingerprint density at radius 3 is 1.88 bits per heavy atom. The van der Waals surface area contributed by atoms with Crippen LogP contribution in [-0.4, -0.2) is 18.7 Å². The van der Waals surface area contributed by atoms with E-state index in [9.17, 15) is 9.59 Å². The highest BCUT2D eigenvalue weighted by Crippen LogP contribution is 2.25. The maximum atomic E-state index is 11.6. The zero-order valence-corrected chi connectivity index (χ0v) is 10.4. The summed E-state index contributed by atoms with van der Waals surface area (Å²) >= 11 is 0. The van der Waals surface area contributed by atoms with E-state index in [0.717, 1.165) is 22.4 Å². The van der Waals surface area contributed by atoms with Crippen LogP contribution in [0.1, 0.15) is 23.6 Å². The van der Waals surface area contributed by atoms with Gasteiger partial charge in [-0.05, 0) is 31.9 Å². The minimum atomic E-state index is -0.477. The fraction of sp³-hybridized carbons (Fsp3) is 0.385. The number of carbonyl (C=O) groups is 2. The molecular weight excluding hydrogens is 202 g/mol. The molecule has 0 N–H and O–H groups in total. The Kier molecular flexibility index (Phi) is 3.48. The highest BCUT2D eigenvalue weighted by Gasteiger charge is 2.18. The van der Waals surface area contributed by atoms with Crippen molar-refractivity contribution in [2.45, 2.75) is 27.7 Å². The number of anilines is 1. The van der Waals surface area contributed by atoms with Gasteiger partial charge in [-0.1, -0.05) is 17.7 Å². The quantitative estimate of drug-likeness (QED) is 0.715. The van der Waals surface area contributed by atoms with Gasteiger partial charge in [0.1, 0.15) is 0 Å². The lowest BCUT2D eigenvalue weighted by Gasteiger charge is -2.21. The summed E-state index contributed by atoms with van der Waals surface area (Å²) in [4.78, 5) is 24.1. The number of hydrogen-bond acceptors (Lipinski definition) is 2. The minimum Gasteiger partial charge on any atom is -0.308 e. The molecule has 0 aliphatic carbocycles. The van der Waals surface area contributed by atoms with E-state index in [1.807, 2.05) is 32.9 Å². The van der Waals surface area contributed by atoms with Crippen molar-refractivity contribution in [3.63, 3.8) is 0 Å². The molecule has 1 amide bonds. The van der Waals surface area contributed by atoms with E-state index in [2.05, 4.69) is 0 Å². The third-order valence-corrected chi connectivity index (χ3v) is 2.58. The summed E-state index contributed by atoms with van der Waals surface area (Å²) in [5, 5.41) is 0. The van der Waals surface area contributed by atoms with Gasteiger partial charge in [-0.15, -0.1) is 0 Å². The minimum absolute atomic E-state index is 0.443. The van der Waals surface area contributed by atoms with Crippen molar-refractivity contribution in [2.24, 2.45) is 0 Å². The number of likely N-dealkylation sites (N-methyl/N-ethyl adjacent to an activating group) is 1. The summed E-state index contributed by atoms with van der Waals surface area (Å²) in [7, 11) is 1.63. The van der Waals surface area contributed by atoms with Crippen LogP contribution >= 0.6 is 0 Å². The molecule has 3 heteroatoms. The zero-order valence-electron chi connectivity index (χ0n) is 10.4. The number of rotatable bonds is 2. The molecule has 0 radical (unpaired) electrons. The topological polar surface area (TPSA) is 37.4 Å².